The summed E-state index contributed by atoms with van der Waals surface area (Å²) in [5.41, 5.74) is 0. The van der Waals surface area contributed by atoms with E-state index in [4.69, 9.17) is 25.9 Å². The van der Waals surface area contributed by atoms with Crippen LogP contribution in [0.2, 0.25) is 0 Å². The summed E-state index contributed by atoms with van der Waals surface area (Å²) in [5, 5.41) is 8.77. The molecule has 0 aliphatic carbocycles. The van der Waals surface area contributed by atoms with Gasteiger partial charge in [-0.15, -0.1) is 11.6 Å². The fourth-order valence-electron chi connectivity index (χ4n) is 1.10. The average molecular weight is 288 g/mol. The molecule has 102 valence electrons. The van der Waals surface area contributed by atoms with E-state index in [-0.39, 0.29) is 26.2 Å². The van der Waals surface area contributed by atoms with Crippen molar-refractivity contribution in [1.29, 1.82) is 0 Å². The number of carbonyl (C=O) groups is 1. The van der Waals surface area contributed by atoms with Crippen LogP contribution >= 0.6 is 19.2 Å². The molecule has 0 radical (unpaired) electrons. The van der Waals surface area contributed by atoms with E-state index in [9.17, 15) is 9.36 Å². The molecule has 0 saturated carbocycles. The number of nitrogens with zero attached hydrogens (tertiary/aromatic N) is 1. The number of alkyl halides is 1. The second kappa shape index (κ2) is 8.06. The van der Waals surface area contributed by atoms with Crippen LogP contribution in [0.5, 0.6) is 0 Å². The standard InChI is InChI=1S/C9H19ClNO5P/c1-4-15-17(14,16-5-2)9(10)6-7-11(13)8(3)12/h9,13H,4-7H2,1-3H3. The molecule has 0 rings (SSSR count). The van der Waals surface area contributed by atoms with Crippen LogP contribution < -0.4 is 0 Å². The topological polar surface area (TPSA) is 76.1 Å². The largest absolute Gasteiger partial charge is 0.348 e. The maximum absolute atomic E-state index is 12.1. The molecule has 6 nitrogen and oxygen atoms in total. The van der Waals surface area contributed by atoms with Gasteiger partial charge in [-0.25, -0.2) is 5.06 Å². The molecule has 0 saturated heterocycles. The molecule has 0 aliphatic rings. The molecule has 1 atom stereocenters. The SMILES string of the molecule is CCOP(=O)(OCC)C(Cl)CCN(O)C(C)=O. The molecule has 0 aliphatic heterocycles. The molecule has 17 heavy (non-hydrogen) atoms. The Hall–Kier alpha value is -0.130. The normalized spacial score (nSPS) is 13.5. The Morgan fingerprint density at radius 3 is 2.24 bits per heavy atom. The monoisotopic (exact) mass is 287 g/mol. The van der Waals surface area contributed by atoms with Crippen molar-refractivity contribution < 1.29 is 23.6 Å². The van der Waals surface area contributed by atoms with Gasteiger partial charge in [-0.2, -0.15) is 0 Å². The van der Waals surface area contributed by atoms with Crippen molar-refractivity contribution in [3.8, 4) is 0 Å². The minimum Gasteiger partial charge on any atom is -0.308 e. The van der Waals surface area contributed by atoms with E-state index in [1.165, 1.54) is 6.92 Å². The summed E-state index contributed by atoms with van der Waals surface area (Å²) in [6, 6.07) is 0. The van der Waals surface area contributed by atoms with Gasteiger partial charge in [0.1, 0.15) is 5.12 Å². The number of hydrogen-bond donors (Lipinski definition) is 1. The van der Waals surface area contributed by atoms with Gasteiger partial charge in [0, 0.05) is 6.92 Å². The van der Waals surface area contributed by atoms with Crippen LogP contribution in [0.1, 0.15) is 27.2 Å². The molecule has 0 bridgehead atoms. The van der Waals surface area contributed by atoms with Crippen LogP contribution in [0, 0.1) is 0 Å². The zero-order valence-electron chi connectivity index (χ0n) is 10.3. The van der Waals surface area contributed by atoms with E-state index >= 15 is 0 Å². The van der Waals surface area contributed by atoms with Gasteiger partial charge in [-0.3, -0.25) is 14.6 Å². The van der Waals surface area contributed by atoms with Crippen molar-refractivity contribution in [2.45, 2.75) is 32.3 Å². The lowest BCUT2D eigenvalue weighted by Gasteiger charge is -2.22. The van der Waals surface area contributed by atoms with Gasteiger partial charge in [0.15, 0.2) is 0 Å². The third-order valence-corrected chi connectivity index (χ3v) is 5.02. The molecule has 0 aromatic rings. The van der Waals surface area contributed by atoms with E-state index < -0.39 is 18.6 Å². The molecule has 1 amide bonds. The minimum atomic E-state index is -3.38. The second-order valence-electron chi connectivity index (χ2n) is 3.24. The third-order valence-electron chi connectivity index (χ3n) is 1.90. The summed E-state index contributed by atoms with van der Waals surface area (Å²) in [6.07, 6.45) is 0.120. The maximum atomic E-state index is 12.1. The van der Waals surface area contributed by atoms with Crippen LogP contribution in [0.3, 0.4) is 0 Å². The van der Waals surface area contributed by atoms with E-state index in [2.05, 4.69) is 0 Å². The Bertz CT molecular complexity index is 279. The smallest absolute Gasteiger partial charge is 0.308 e. The Labute approximate surface area is 106 Å². The molecule has 0 heterocycles. The van der Waals surface area contributed by atoms with E-state index in [1.807, 2.05) is 0 Å². The number of halogens is 1. The predicted octanol–water partition coefficient (Wildman–Crippen LogP) is 2.45. The highest BCUT2D eigenvalue weighted by molar-refractivity contribution is 7.56. The van der Waals surface area contributed by atoms with E-state index in [1.54, 1.807) is 13.8 Å². The Morgan fingerprint density at radius 1 is 1.41 bits per heavy atom. The summed E-state index contributed by atoms with van der Waals surface area (Å²) in [6.45, 7) is 5.00. The lowest BCUT2D eigenvalue weighted by molar-refractivity contribution is -0.162. The first-order valence-electron chi connectivity index (χ1n) is 5.37. The first-order chi connectivity index (χ1) is 7.87. The Kier molecular flexibility index (Phi) is 8.00. The van der Waals surface area contributed by atoms with Gasteiger partial charge >= 0.3 is 7.60 Å². The van der Waals surface area contributed by atoms with Crippen molar-refractivity contribution in [2.75, 3.05) is 19.8 Å². The number of amides is 1. The highest BCUT2D eigenvalue weighted by atomic mass is 35.5. The zero-order valence-corrected chi connectivity index (χ0v) is 11.9. The number of carbonyl (C=O) groups excluding carboxylic acids is 1. The molecular formula is C9H19ClNO5P. The zero-order chi connectivity index (χ0) is 13.5. The molecule has 0 fully saturated rings. The van der Waals surface area contributed by atoms with Crippen molar-refractivity contribution >= 4 is 25.1 Å². The van der Waals surface area contributed by atoms with Gasteiger partial charge in [0.05, 0.1) is 19.8 Å². The van der Waals surface area contributed by atoms with Gasteiger partial charge in [-0.1, -0.05) is 0 Å². The van der Waals surface area contributed by atoms with E-state index in [0.717, 1.165) is 0 Å². The van der Waals surface area contributed by atoms with Crippen LogP contribution in [0.25, 0.3) is 0 Å². The highest BCUT2D eigenvalue weighted by Gasteiger charge is 2.34. The molecule has 1 N–H and O–H groups in total. The summed E-state index contributed by atoms with van der Waals surface area (Å²) in [4.78, 5) is 10.8. The van der Waals surface area contributed by atoms with Gasteiger partial charge in [0.2, 0.25) is 5.91 Å². The molecule has 0 spiro atoms. The molecule has 8 heteroatoms. The quantitative estimate of drug-likeness (QED) is 0.321. The van der Waals surface area contributed by atoms with Crippen LogP contribution in [0.4, 0.5) is 0 Å². The summed E-state index contributed by atoms with van der Waals surface area (Å²) >= 11 is 5.93. The van der Waals surface area contributed by atoms with Crippen LogP contribution in [-0.4, -0.2) is 41.1 Å². The number of hydrogen-bond acceptors (Lipinski definition) is 5. The first kappa shape index (κ1) is 16.9. The van der Waals surface area contributed by atoms with Crippen molar-refractivity contribution in [3.63, 3.8) is 0 Å². The average Bonchev–Trinajstić information content (AvgIpc) is 2.25. The molecule has 0 aromatic carbocycles. The molecular weight excluding hydrogens is 269 g/mol. The predicted molar refractivity (Wildman–Crippen MR) is 64.3 cm³/mol. The lowest BCUT2D eigenvalue weighted by Crippen LogP contribution is -2.27. The van der Waals surface area contributed by atoms with E-state index in [0.29, 0.717) is 5.06 Å². The maximum Gasteiger partial charge on any atom is 0.348 e. The summed E-state index contributed by atoms with van der Waals surface area (Å²) < 4.78 is 22.2. The summed E-state index contributed by atoms with van der Waals surface area (Å²) in [7, 11) is -3.38. The minimum absolute atomic E-state index is 0.0202. The molecule has 1 unspecified atom stereocenters. The second-order valence-corrected chi connectivity index (χ2v) is 6.29. The van der Waals surface area contributed by atoms with Crippen molar-refractivity contribution in [3.05, 3.63) is 0 Å². The number of rotatable bonds is 8. The fourth-order valence-corrected chi connectivity index (χ4v) is 3.09. The van der Waals surface area contributed by atoms with Gasteiger partial charge < -0.3 is 9.05 Å². The molecule has 0 aromatic heterocycles. The van der Waals surface area contributed by atoms with Gasteiger partial charge in [-0.05, 0) is 20.3 Å². The van der Waals surface area contributed by atoms with Crippen LogP contribution in [0.15, 0.2) is 0 Å². The van der Waals surface area contributed by atoms with Crippen molar-refractivity contribution in [1.82, 2.24) is 5.06 Å². The Morgan fingerprint density at radius 2 is 1.88 bits per heavy atom. The summed E-state index contributed by atoms with van der Waals surface area (Å²) in [5.74, 6) is -0.503. The van der Waals surface area contributed by atoms with Gasteiger partial charge in [0.25, 0.3) is 0 Å². The number of hydroxylamine groups is 2. The Balaban J connectivity index is 4.38. The lowest BCUT2D eigenvalue weighted by atomic mass is 10.4. The third kappa shape index (κ3) is 5.84. The first-order valence-corrected chi connectivity index (χ1v) is 7.42. The van der Waals surface area contributed by atoms with Crippen LogP contribution in [-0.2, 0) is 18.4 Å². The fraction of sp³-hybridized carbons (Fsp3) is 0.889. The van der Waals surface area contributed by atoms with Crippen molar-refractivity contribution in [2.24, 2.45) is 0 Å². The highest BCUT2D eigenvalue weighted by Crippen LogP contribution is 2.55.